The molecule has 137 heavy (non-hydrogen) atoms. The molecular formula is C116H156Cl2N6O13+2. The Labute approximate surface area is 826 Å². The van der Waals surface area contributed by atoms with Gasteiger partial charge in [0.2, 0.25) is 41.4 Å². The summed E-state index contributed by atoms with van der Waals surface area (Å²) >= 11 is 14.7. The number of fused-ring (bicyclic) bond motifs is 8. The van der Waals surface area contributed by atoms with Crippen LogP contribution in [0.3, 0.4) is 0 Å². The first-order chi connectivity index (χ1) is 65.8. The van der Waals surface area contributed by atoms with Crippen molar-refractivity contribution in [2.75, 3.05) is 49.1 Å². The van der Waals surface area contributed by atoms with Gasteiger partial charge in [-0.3, -0.25) is 9.59 Å². The van der Waals surface area contributed by atoms with Crippen molar-refractivity contribution in [3.05, 3.63) is 212 Å². The zero-order valence-electron chi connectivity index (χ0n) is 84.9. The number of carbonyl (C=O) groups excluding carboxylic acids is 3. The first-order valence-corrected chi connectivity index (χ1v) is 53.5. The lowest BCUT2D eigenvalue weighted by Gasteiger charge is -2.59. The number of amides is 2. The van der Waals surface area contributed by atoms with E-state index in [2.05, 4.69) is 272 Å². The number of carbonyl (C=O) groups is 3. The number of halogens is 2. The van der Waals surface area contributed by atoms with Crippen molar-refractivity contribution in [1.82, 2.24) is 10.6 Å². The minimum atomic E-state index is -0.890. The van der Waals surface area contributed by atoms with Crippen molar-refractivity contribution in [2.24, 2.45) is 47.3 Å². The SMILES string of the molecule is CCCCC[N+]1=C(/C=C/C2=C(Cl)C(=C/C=C3/N(CCCCCC(=O)NCCCNC(=O)OC4O[C@@H]5O[C@]6(C)CC[C@H]7[C@H](C)CC[C@@H]([C@H]4C)[C@@]57OO6)c4ccccc4C3(C)C)/CCC2)C(C)(C)c2ccccc21.CCCCC[N+]1=C(/C=C/C2=C(Cl)C(=C/C=C3/N(CCCCCC(=O)OC4O[C@@H]5O[C@]6(C)CC[C@H]7[C@H](C)CC[C@@H]([C@H]4C)[C@@]57OO6)c4ccccc4C3(C)C)/CCC2)C(C)(C)c2ccccc21. The number of ether oxygens (including phenoxy) is 6. The van der Waals surface area contributed by atoms with Gasteiger partial charge >= 0.3 is 12.1 Å². The van der Waals surface area contributed by atoms with Gasteiger partial charge in [-0.1, -0.05) is 215 Å². The Bertz CT molecular complexity index is 5440. The number of rotatable bonds is 32. The van der Waals surface area contributed by atoms with E-state index in [-0.39, 0.29) is 69.0 Å². The van der Waals surface area contributed by atoms with Gasteiger partial charge in [0.25, 0.3) is 0 Å². The van der Waals surface area contributed by atoms with Crippen molar-refractivity contribution in [3.8, 4) is 0 Å². The lowest BCUT2D eigenvalue weighted by molar-refractivity contribution is -0.576. The van der Waals surface area contributed by atoms with Crippen LogP contribution in [0.1, 0.15) is 319 Å². The van der Waals surface area contributed by atoms with E-state index in [0.717, 1.165) is 165 Å². The van der Waals surface area contributed by atoms with E-state index in [1.807, 2.05) is 13.8 Å². The second-order valence-electron chi connectivity index (χ2n) is 44.6. The maximum absolute atomic E-state index is 13.4. The monoisotopic (exact) mass is 1910 g/mol. The summed E-state index contributed by atoms with van der Waals surface area (Å²) in [5, 5.41) is 7.66. The molecule has 19 nitrogen and oxygen atoms in total. The van der Waals surface area contributed by atoms with Crippen LogP contribution in [0, 0.1) is 47.3 Å². The minimum Gasteiger partial charge on any atom is -0.435 e. The summed E-state index contributed by atoms with van der Waals surface area (Å²) in [7, 11) is 0. The van der Waals surface area contributed by atoms with Crippen molar-refractivity contribution < 1.29 is 71.5 Å². The molecular weight excluding hydrogens is 1760 g/mol. The van der Waals surface area contributed by atoms with E-state index >= 15 is 0 Å². The average molecular weight is 1910 g/mol. The molecule has 8 saturated heterocycles. The fraction of sp³-hybridized carbons (Fsp3) is 0.612. The molecule has 4 aromatic carbocycles. The zero-order chi connectivity index (χ0) is 96.6. The van der Waals surface area contributed by atoms with Crippen LogP contribution in [-0.4, -0.2) is 126 Å². The van der Waals surface area contributed by atoms with Crippen LogP contribution in [0.2, 0.25) is 0 Å². The molecule has 21 heteroatoms. The Hall–Kier alpha value is -7.79. The van der Waals surface area contributed by atoms with E-state index in [0.29, 0.717) is 44.2 Å². The smallest absolute Gasteiger partial charge is 0.409 e. The van der Waals surface area contributed by atoms with Crippen molar-refractivity contribution in [1.29, 1.82) is 0 Å². The van der Waals surface area contributed by atoms with Gasteiger partial charge in [0.05, 0.1) is 10.8 Å². The summed E-state index contributed by atoms with van der Waals surface area (Å²) in [6.45, 7) is 40.5. The summed E-state index contributed by atoms with van der Waals surface area (Å²) in [6.07, 6.45) is 42.6. The molecule has 2 spiro atoms. The Morgan fingerprint density at radius 1 is 0.445 bits per heavy atom. The molecule has 12 heterocycles. The van der Waals surface area contributed by atoms with E-state index in [1.165, 1.54) is 129 Å². The molecule has 16 atom stereocenters. The van der Waals surface area contributed by atoms with Crippen LogP contribution in [-0.2, 0) is 79.2 Å². The molecule has 20 rings (SSSR count). The van der Waals surface area contributed by atoms with Crippen LogP contribution in [0.15, 0.2) is 189 Å². The van der Waals surface area contributed by atoms with Gasteiger partial charge in [-0.05, 0) is 245 Å². The Morgan fingerprint density at radius 2 is 0.876 bits per heavy atom. The number of nitrogens with one attached hydrogen (secondary N) is 2. The van der Waals surface area contributed by atoms with E-state index in [4.69, 9.17) is 71.2 Å². The Balaban J connectivity index is 0.000000191. The summed E-state index contributed by atoms with van der Waals surface area (Å²) < 4.78 is 42.9. The highest BCUT2D eigenvalue weighted by Gasteiger charge is 2.72. The van der Waals surface area contributed by atoms with Gasteiger partial charge in [-0.15, -0.1) is 0 Å². The topological polar surface area (TPSA) is 180 Å². The zero-order valence-corrected chi connectivity index (χ0v) is 86.4. The molecule has 2 saturated carbocycles. The molecule has 2 amide bonds. The number of para-hydroxylation sites is 4. The van der Waals surface area contributed by atoms with Crippen LogP contribution in [0.25, 0.3) is 0 Å². The maximum atomic E-state index is 13.4. The van der Waals surface area contributed by atoms with Crippen molar-refractivity contribution in [2.45, 2.75) is 367 Å². The molecule has 12 aliphatic heterocycles. The van der Waals surface area contributed by atoms with Crippen LogP contribution >= 0.6 is 23.2 Å². The Morgan fingerprint density at radius 3 is 1.34 bits per heavy atom. The average Bonchev–Trinajstić information content (AvgIpc) is 1.66. The van der Waals surface area contributed by atoms with Gasteiger partial charge in [0.15, 0.2) is 35.2 Å². The normalized spacial score (nSPS) is 32.3. The highest BCUT2D eigenvalue weighted by Crippen LogP contribution is 2.64. The fourth-order valence-electron chi connectivity index (χ4n) is 26.1. The predicted molar refractivity (Wildman–Crippen MR) is 544 cm³/mol. The van der Waals surface area contributed by atoms with E-state index in [1.54, 1.807) is 0 Å². The number of hydrogen-bond donors (Lipinski definition) is 2. The van der Waals surface area contributed by atoms with E-state index < -0.39 is 54.0 Å². The van der Waals surface area contributed by atoms with Crippen LogP contribution in [0.5, 0.6) is 0 Å². The van der Waals surface area contributed by atoms with Crippen molar-refractivity contribution >= 4 is 75.3 Å². The Kier molecular flexibility index (Phi) is 30.9. The summed E-state index contributed by atoms with van der Waals surface area (Å²) in [5.74, 6) is -0.425. The number of alkyl carbamates (subject to hydrolysis) is 1. The third-order valence-corrected chi connectivity index (χ3v) is 35.0. The van der Waals surface area contributed by atoms with Gasteiger partial charge in [0, 0.05) is 167 Å². The second kappa shape index (κ2) is 42.0. The maximum Gasteiger partial charge on any atom is 0.409 e. The van der Waals surface area contributed by atoms with Gasteiger partial charge in [0.1, 0.15) is 13.1 Å². The molecule has 4 bridgehead atoms. The van der Waals surface area contributed by atoms with Gasteiger partial charge in [-0.25, -0.2) is 24.3 Å². The number of esters is 1. The third kappa shape index (κ3) is 19.9. The highest BCUT2D eigenvalue weighted by molar-refractivity contribution is 6.33. The lowest BCUT2D eigenvalue weighted by Crippen LogP contribution is -2.70. The third-order valence-electron chi connectivity index (χ3n) is 34.0. The molecule has 740 valence electrons. The molecule has 0 aromatic heterocycles. The van der Waals surface area contributed by atoms with Gasteiger partial charge < -0.3 is 48.9 Å². The van der Waals surface area contributed by atoms with Gasteiger partial charge in [-0.2, -0.15) is 9.15 Å². The first kappa shape index (κ1) is 101. The number of benzene rings is 4. The highest BCUT2D eigenvalue weighted by atomic mass is 35.5. The number of allylic oxidation sites excluding steroid dienone is 16. The quantitative estimate of drug-likeness (QED) is 0.0204. The first-order valence-electron chi connectivity index (χ1n) is 52.8. The summed E-state index contributed by atoms with van der Waals surface area (Å²) in [5.41, 5.74) is 18.8. The summed E-state index contributed by atoms with van der Waals surface area (Å²) in [4.78, 5) is 68.7. The van der Waals surface area contributed by atoms with Crippen LogP contribution < -0.4 is 20.4 Å². The summed E-state index contributed by atoms with van der Waals surface area (Å²) in [6, 6.07) is 35.4. The molecule has 4 aliphatic carbocycles. The van der Waals surface area contributed by atoms with Crippen molar-refractivity contribution in [3.63, 3.8) is 0 Å². The molecule has 16 aliphatic rings. The number of hydrogen-bond acceptors (Lipinski definition) is 15. The number of nitrogens with zero attached hydrogens (tertiary/aromatic N) is 4. The second-order valence-corrected chi connectivity index (χ2v) is 45.3. The molecule has 2 unspecified atom stereocenters. The fourth-order valence-corrected chi connectivity index (χ4v) is 26.7. The molecule has 0 radical (unpaired) electrons. The molecule has 10 fully saturated rings. The predicted octanol–water partition coefficient (Wildman–Crippen LogP) is 26.5. The van der Waals surface area contributed by atoms with E-state index in [9.17, 15) is 14.4 Å². The standard InChI is InChI=1S/C60H81ClN4O7.C56H74ClN2O6/c1-9-10-17-38-64-48-25-15-13-23-46(48)57(4,5)50(64)32-29-42-21-19-22-43(53(42)61)30-33-51-58(6,7)47-24-14-16-26-49(47)65(51)39-18-11-12-27-52(66)62-36-20-37-63-56(67)69-54-41(3)45-31-28-40(2)44-34-35-59(8)70-55(68-54)60(44,45)72-71-59;1-9-10-17-35-58-45-24-15-13-22-43(45)53(4,5)47(58)31-28-39-20-19-21-40(50(39)57)29-32-48-54(6,7)44-23-14-16-25-46(44)59(48)36-18-11-12-26-49(60)61-51-38(3)42-30-27-37(2)41-33-34-55(8)63-52(62-51)56(41,42)65-64-55/h13-16,23-26,29-30,32-33,40-41,44-45,54-55H,9-12,17-22,27-28,31,34-39H2,1-8H3,(H-,62,63,66,67);13-16,22-25,28-29,31-32,37-38,41-42,51-52H,9-12,17-21,26-27,30,33-36H2,1-8H3/q;+1/p+1/t40-,41-,44+,45+,54?,55-,59+,60-;37-,38-,41+,42+,51?,52-,55+,56-/m11/s1. The minimum absolute atomic E-state index is 0.0278. The number of anilines is 2. The number of unbranched alkanes of at least 4 members (excludes halogenated alkanes) is 8. The molecule has 4 aromatic rings. The lowest BCUT2D eigenvalue weighted by atomic mass is 9.58. The largest absolute Gasteiger partial charge is 0.435 e. The molecule has 2 N–H and O–H groups in total. The van der Waals surface area contributed by atoms with Crippen LogP contribution in [0.4, 0.5) is 27.5 Å².